The van der Waals surface area contributed by atoms with Crippen molar-refractivity contribution in [3.8, 4) is 5.75 Å². The number of nitrogens with zero attached hydrogens (tertiary/aromatic N) is 2. The molecule has 2 N–H and O–H groups in total. The first-order valence-corrected chi connectivity index (χ1v) is 10.8. The number of fused-ring (bicyclic) bond motifs is 1. The van der Waals surface area contributed by atoms with Crippen LogP contribution >= 0.6 is 0 Å². The molecule has 0 spiro atoms. The number of hydrogen-bond donors (Lipinski definition) is 2. The summed E-state index contributed by atoms with van der Waals surface area (Å²) in [5, 5.41) is 3.35. The van der Waals surface area contributed by atoms with Gasteiger partial charge in [-0.05, 0) is 35.9 Å². The van der Waals surface area contributed by atoms with Crippen LogP contribution in [0.15, 0.2) is 41.3 Å². The van der Waals surface area contributed by atoms with Crippen LogP contribution in [0, 0.1) is 5.82 Å². The van der Waals surface area contributed by atoms with Crippen molar-refractivity contribution in [2.24, 2.45) is 0 Å². The number of amides is 1. The van der Waals surface area contributed by atoms with E-state index in [0.717, 1.165) is 41.4 Å². The van der Waals surface area contributed by atoms with E-state index < -0.39 is 11.7 Å². The van der Waals surface area contributed by atoms with Gasteiger partial charge < -0.3 is 15.0 Å². The third-order valence-electron chi connectivity index (χ3n) is 5.27. The van der Waals surface area contributed by atoms with Gasteiger partial charge in [0.15, 0.2) is 11.5 Å². The number of halogens is 1. The van der Waals surface area contributed by atoms with Crippen molar-refractivity contribution in [2.75, 3.05) is 20.3 Å². The largest absolute Gasteiger partial charge is 0.476 e. The van der Waals surface area contributed by atoms with Crippen molar-refractivity contribution in [2.45, 2.75) is 39.7 Å². The Morgan fingerprint density at radius 2 is 2.06 bits per heavy atom. The van der Waals surface area contributed by atoms with E-state index >= 15 is 0 Å². The minimum atomic E-state index is -0.730. The van der Waals surface area contributed by atoms with Gasteiger partial charge in [-0.25, -0.2) is 9.37 Å². The smallest absolute Gasteiger partial charge is 0.272 e. The van der Waals surface area contributed by atoms with Crippen molar-refractivity contribution >= 4 is 16.8 Å². The van der Waals surface area contributed by atoms with Crippen molar-refractivity contribution in [3.05, 3.63) is 69.5 Å². The second-order valence-electron chi connectivity index (χ2n) is 7.66. The summed E-state index contributed by atoms with van der Waals surface area (Å²) in [6.07, 6.45) is 4.04. The summed E-state index contributed by atoms with van der Waals surface area (Å²) in [6, 6.07) is 9.13. The maximum Gasteiger partial charge on any atom is 0.272 e. The lowest BCUT2D eigenvalue weighted by molar-refractivity contribution is 0.0952. The second-order valence-corrected chi connectivity index (χ2v) is 7.66. The topological polar surface area (TPSA) is 87.3 Å². The molecular formula is C24H29FN4O3. The van der Waals surface area contributed by atoms with Gasteiger partial charge in [0.05, 0.1) is 6.20 Å². The average Bonchev–Trinajstić information content (AvgIpc) is 2.79. The number of rotatable bonds is 10. The van der Waals surface area contributed by atoms with Crippen LogP contribution in [-0.2, 0) is 13.0 Å². The Bertz CT molecular complexity index is 1150. The molecule has 8 heteroatoms. The van der Waals surface area contributed by atoms with Gasteiger partial charge >= 0.3 is 0 Å². The predicted octanol–water partition coefficient (Wildman–Crippen LogP) is 3.62. The molecule has 0 unspecified atom stereocenters. The van der Waals surface area contributed by atoms with Gasteiger partial charge in [-0.1, -0.05) is 32.4 Å². The Morgan fingerprint density at radius 1 is 1.25 bits per heavy atom. The minimum absolute atomic E-state index is 0.0574. The maximum atomic E-state index is 14.2. The molecule has 1 amide bonds. The number of hydrogen-bond acceptors (Lipinski definition) is 5. The molecule has 0 saturated heterocycles. The SMILES string of the molecule is CCCCN(COc1cnc(C(=O)NC)c(F)c1)Cc1ccc2cc(CC)c(=O)[nH]c2c1. The van der Waals surface area contributed by atoms with Crippen LogP contribution in [0.25, 0.3) is 10.9 Å². The summed E-state index contributed by atoms with van der Waals surface area (Å²) in [7, 11) is 1.42. The highest BCUT2D eigenvalue weighted by molar-refractivity contribution is 5.92. The first-order chi connectivity index (χ1) is 15.4. The zero-order chi connectivity index (χ0) is 23.1. The molecule has 0 aliphatic rings. The molecular weight excluding hydrogens is 411 g/mol. The van der Waals surface area contributed by atoms with Crippen molar-refractivity contribution in [1.29, 1.82) is 0 Å². The van der Waals surface area contributed by atoms with Crippen LogP contribution in [0.1, 0.15) is 48.3 Å². The van der Waals surface area contributed by atoms with Gasteiger partial charge in [0, 0.05) is 37.3 Å². The van der Waals surface area contributed by atoms with Gasteiger partial charge in [-0.15, -0.1) is 0 Å². The van der Waals surface area contributed by atoms with E-state index in [9.17, 15) is 14.0 Å². The van der Waals surface area contributed by atoms with E-state index in [1.54, 1.807) is 0 Å². The number of carbonyl (C=O) groups is 1. The van der Waals surface area contributed by atoms with Crippen LogP contribution < -0.4 is 15.6 Å². The van der Waals surface area contributed by atoms with E-state index in [1.165, 1.54) is 19.3 Å². The normalized spacial score (nSPS) is 11.2. The monoisotopic (exact) mass is 440 g/mol. The van der Waals surface area contributed by atoms with Crippen LogP contribution in [0.4, 0.5) is 4.39 Å². The van der Waals surface area contributed by atoms with E-state index in [4.69, 9.17) is 4.74 Å². The molecule has 0 saturated carbocycles. The highest BCUT2D eigenvalue weighted by Gasteiger charge is 2.14. The zero-order valence-electron chi connectivity index (χ0n) is 18.7. The maximum absolute atomic E-state index is 14.2. The fraction of sp³-hybridized carbons (Fsp3) is 0.375. The molecule has 170 valence electrons. The quantitative estimate of drug-likeness (QED) is 0.470. The molecule has 2 aromatic heterocycles. The third kappa shape index (κ3) is 5.70. The van der Waals surface area contributed by atoms with Gasteiger partial charge in [0.25, 0.3) is 11.5 Å². The Labute approximate surface area is 186 Å². The van der Waals surface area contributed by atoms with Gasteiger partial charge in [0.1, 0.15) is 12.5 Å². The number of benzene rings is 1. The van der Waals surface area contributed by atoms with Crippen molar-refractivity contribution < 1.29 is 13.9 Å². The van der Waals surface area contributed by atoms with E-state index in [-0.39, 0.29) is 23.7 Å². The number of nitrogens with one attached hydrogen (secondary N) is 2. The first-order valence-electron chi connectivity index (χ1n) is 10.8. The summed E-state index contributed by atoms with van der Waals surface area (Å²) in [6.45, 7) is 5.72. The Kier molecular flexibility index (Phi) is 7.94. The van der Waals surface area contributed by atoms with Crippen LogP contribution in [-0.4, -0.2) is 41.1 Å². The fourth-order valence-corrected chi connectivity index (χ4v) is 3.43. The summed E-state index contributed by atoms with van der Waals surface area (Å²) >= 11 is 0. The number of aromatic amines is 1. The number of unbranched alkanes of at least 4 members (excludes halogenated alkanes) is 1. The molecule has 0 fully saturated rings. The first kappa shape index (κ1) is 23.4. The predicted molar refractivity (Wildman–Crippen MR) is 122 cm³/mol. The van der Waals surface area contributed by atoms with E-state index in [2.05, 4.69) is 27.1 Å². The van der Waals surface area contributed by atoms with E-state index in [1.807, 2.05) is 31.2 Å². The van der Waals surface area contributed by atoms with Gasteiger partial charge in [-0.3, -0.25) is 14.5 Å². The Hall–Kier alpha value is -3.26. The molecule has 2 heterocycles. The molecule has 3 aromatic rings. The molecule has 0 atom stereocenters. The van der Waals surface area contributed by atoms with Gasteiger partial charge in [0.2, 0.25) is 0 Å². The van der Waals surface area contributed by atoms with Gasteiger partial charge in [-0.2, -0.15) is 0 Å². The number of aromatic nitrogens is 2. The van der Waals surface area contributed by atoms with Crippen molar-refractivity contribution in [1.82, 2.24) is 20.2 Å². The molecule has 7 nitrogen and oxygen atoms in total. The summed E-state index contributed by atoms with van der Waals surface area (Å²) in [5.74, 6) is -1.06. The van der Waals surface area contributed by atoms with E-state index in [0.29, 0.717) is 13.0 Å². The van der Waals surface area contributed by atoms with Crippen molar-refractivity contribution in [3.63, 3.8) is 0 Å². The van der Waals surface area contributed by atoms with Crippen LogP contribution in [0.3, 0.4) is 0 Å². The summed E-state index contributed by atoms with van der Waals surface area (Å²) < 4.78 is 19.9. The molecule has 0 aliphatic heterocycles. The molecule has 3 rings (SSSR count). The Morgan fingerprint density at radius 3 is 2.75 bits per heavy atom. The Balaban J connectivity index is 1.73. The fourth-order valence-electron chi connectivity index (χ4n) is 3.43. The second kappa shape index (κ2) is 10.9. The van der Waals surface area contributed by atoms with Crippen LogP contribution in [0.5, 0.6) is 5.75 Å². The minimum Gasteiger partial charge on any atom is -0.476 e. The molecule has 32 heavy (non-hydrogen) atoms. The number of carbonyl (C=O) groups excluding carboxylic acids is 1. The number of aryl methyl sites for hydroxylation is 1. The molecule has 0 bridgehead atoms. The summed E-state index contributed by atoms with van der Waals surface area (Å²) in [5.41, 5.74) is 2.29. The summed E-state index contributed by atoms with van der Waals surface area (Å²) in [4.78, 5) is 32.7. The molecule has 1 aromatic carbocycles. The lowest BCUT2D eigenvalue weighted by Crippen LogP contribution is -2.29. The highest BCUT2D eigenvalue weighted by Crippen LogP contribution is 2.18. The lowest BCUT2D eigenvalue weighted by atomic mass is 10.1. The average molecular weight is 441 g/mol. The molecule has 0 aliphatic carbocycles. The third-order valence-corrected chi connectivity index (χ3v) is 5.27. The number of H-pyrrole nitrogens is 1. The number of ether oxygens (including phenoxy) is 1. The lowest BCUT2D eigenvalue weighted by Gasteiger charge is -2.22. The number of pyridine rings is 2. The zero-order valence-corrected chi connectivity index (χ0v) is 18.7. The standard InChI is InChI=1S/C24H29FN4O3/c1-4-6-9-29(15-32-19-12-20(25)22(27-13-19)24(31)26-3)14-16-7-8-18-11-17(5-2)23(30)28-21(18)10-16/h7-8,10-13H,4-6,9,14-15H2,1-3H3,(H,26,31)(H,28,30). The highest BCUT2D eigenvalue weighted by atomic mass is 19.1. The van der Waals surface area contributed by atoms with Crippen LogP contribution in [0.2, 0.25) is 0 Å². The molecule has 0 radical (unpaired) electrons.